The van der Waals surface area contributed by atoms with E-state index in [2.05, 4.69) is 5.32 Å². The fourth-order valence-electron chi connectivity index (χ4n) is 2.76. The molecule has 1 saturated heterocycles. The van der Waals surface area contributed by atoms with E-state index in [1.165, 1.54) is 4.90 Å². The van der Waals surface area contributed by atoms with Gasteiger partial charge in [-0.25, -0.2) is 14.4 Å². The summed E-state index contributed by atoms with van der Waals surface area (Å²) in [6.07, 6.45) is 0.687. The first kappa shape index (κ1) is 19.1. The SMILES string of the molecule is CCOC(=O)[C@@H]1CC[C@@H](C(=O)OCC)N1C(=O)Nc1ccc(Cl)cc1. The van der Waals surface area contributed by atoms with Crippen LogP contribution in [-0.4, -0.2) is 48.2 Å². The number of urea groups is 1. The number of benzene rings is 1. The lowest BCUT2D eigenvalue weighted by Gasteiger charge is -2.28. The van der Waals surface area contributed by atoms with Gasteiger partial charge in [0.2, 0.25) is 0 Å². The number of nitrogens with one attached hydrogen (secondary N) is 1. The number of ether oxygens (including phenoxy) is 2. The highest BCUT2D eigenvalue weighted by atomic mass is 35.5. The summed E-state index contributed by atoms with van der Waals surface area (Å²) in [4.78, 5) is 38.3. The lowest BCUT2D eigenvalue weighted by atomic mass is 10.2. The van der Waals surface area contributed by atoms with E-state index in [0.717, 1.165) is 0 Å². The van der Waals surface area contributed by atoms with Gasteiger partial charge in [0.1, 0.15) is 12.1 Å². The summed E-state index contributed by atoms with van der Waals surface area (Å²) in [6.45, 7) is 3.78. The minimum atomic E-state index is -0.818. The summed E-state index contributed by atoms with van der Waals surface area (Å²) in [6, 6.07) is 4.34. The van der Waals surface area contributed by atoms with Crippen LogP contribution in [0.2, 0.25) is 5.02 Å². The average molecular weight is 369 g/mol. The average Bonchev–Trinajstić information content (AvgIpc) is 3.02. The van der Waals surface area contributed by atoms with E-state index in [9.17, 15) is 14.4 Å². The molecule has 2 rings (SSSR count). The van der Waals surface area contributed by atoms with Gasteiger partial charge in [-0.3, -0.25) is 4.90 Å². The van der Waals surface area contributed by atoms with Crippen LogP contribution in [0.4, 0.5) is 10.5 Å². The number of amides is 2. The van der Waals surface area contributed by atoms with E-state index < -0.39 is 30.1 Å². The summed E-state index contributed by atoms with van der Waals surface area (Å²) >= 11 is 5.83. The second-order valence-corrected chi connectivity index (χ2v) is 5.89. The Hall–Kier alpha value is -2.28. The maximum atomic E-state index is 12.7. The molecule has 2 amide bonds. The fourth-order valence-corrected chi connectivity index (χ4v) is 2.88. The zero-order chi connectivity index (χ0) is 18.4. The summed E-state index contributed by atoms with van der Waals surface area (Å²) in [7, 11) is 0. The Morgan fingerprint density at radius 2 is 1.52 bits per heavy atom. The zero-order valence-electron chi connectivity index (χ0n) is 14.2. The number of nitrogens with zero attached hydrogens (tertiary/aromatic N) is 1. The van der Waals surface area contributed by atoms with Gasteiger partial charge in [0.25, 0.3) is 0 Å². The lowest BCUT2D eigenvalue weighted by Crippen LogP contribution is -2.50. The number of anilines is 1. The number of hydrogen-bond donors (Lipinski definition) is 1. The van der Waals surface area contributed by atoms with Crippen molar-refractivity contribution in [2.75, 3.05) is 18.5 Å². The number of carbonyl (C=O) groups excluding carboxylic acids is 3. The van der Waals surface area contributed by atoms with Gasteiger partial charge in [-0.05, 0) is 51.0 Å². The number of carbonyl (C=O) groups is 3. The fraction of sp³-hybridized carbons (Fsp3) is 0.471. The van der Waals surface area contributed by atoms with Gasteiger partial charge >= 0.3 is 18.0 Å². The maximum Gasteiger partial charge on any atom is 0.328 e. The Morgan fingerprint density at radius 1 is 1.04 bits per heavy atom. The molecule has 1 aliphatic heterocycles. The molecular weight excluding hydrogens is 348 g/mol. The third-order valence-electron chi connectivity index (χ3n) is 3.83. The number of halogens is 1. The molecule has 1 aromatic rings. The highest BCUT2D eigenvalue weighted by Gasteiger charge is 2.45. The first-order valence-electron chi connectivity index (χ1n) is 8.16. The van der Waals surface area contributed by atoms with Crippen molar-refractivity contribution < 1.29 is 23.9 Å². The topological polar surface area (TPSA) is 84.9 Å². The highest BCUT2D eigenvalue weighted by Crippen LogP contribution is 2.27. The number of rotatable bonds is 5. The maximum absolute atomic E-state index is 12.7. The van der Waals surface area contributed by atoms with Crippen molar-refractivity contribution in [2.45, 2.75) is 38.8 Å². The smallest absolute Gasteiger partial charge is 0.328 e. The van der Waals surface area contributed by atoms with Crippen molar-refractivity contribution in [2.24, 2.45) is 0 Å². The molecule has 1 aliphatic rings. The molecule has 2 atom stereocenters. The third kappa shape index (κ3) is 4.63. The molecule has 1 fully saturated rings. The zero-order valence-corrected chi connectivity index (χ0v) is 14.9. The second-order valence-electron chi connectivity index (χ2n) is 5.46. The van der Waals surface area contributed by atoms with Crippen molar-refractivity contribution >= 4 is 35.3 Å². The summed E-state index contributed by atoms with van der Waals surface area (Å²) in [5.41, 5.74) is 0.506. The van der Waals surface area contributed by atoms with Gasteiger partial charge in [0.05, 0.1) is 13.2 Å². The molecule has 0 saturated carbocycles. The van der Waals surface area contributed by atoms with Crippen molar-refractivity contribution in [3.05, 3.63) is 29.3 Å². The normalized spacial score (nSPS) is 19.4. The lowest BCUT2D eigenvalue weighted by molar-refractivity contribution is -0.151. The van der Waals surface area contributed by atoms with Gasteiger partial charge in [-0.1, -0.05) is 11.6 Å². The first-order valence-corrected chi connectivity index (χ1v) is 8.53. The third-order valence-corrected chi connectivity index (χ3v) is 4.08. The number of likely N-dealkylation sites (tertiary alicyclic amines) is 1. The predicted octanol–water partition coefficient (Wildman–Crippen LogP) is 2.83. The molecule has 0 unspecified atom stereocenters. The molecule has 0 spiro atoms. The van der Waals surface area contributed by atoms with Crippen LogP contribution in [0.25, 0.3) is 0 Å². The monoisotopic (exact) mass is 368 g/mol. The van der Waals surface area contributed by atoms with Crippen molar-refractivity contribution in [3.63, 3.8) is 0 Å². The molecule has 0 radical (unpaired) electrons. The quantitative estimate of drug-likeness (QED) is 0.808. The van der Waals surface area contributed by atoms with Crippen LogP contribution in [0.3, 0.4) is 0 Å². The van der Waals surface area contributed by atoms with Gasteiger partial charge in [0, 0.05) is 10.7 Å². The molecule has 0 aromatic heterocycles. The minimum absolute atomic E-state index is 0.200. The Morgan fingerprint density at radius 3 is 1.96 bits per heavy atom. The number of hydrogen-bond acceptors (Lipinski definition) is 5. The molecule has 136 valence electrons. The Bertz CT molecular complexity index is 608. The van der Waals surface area contributed by atoms with E-state index in [1.54, 1.807) is 38.1 Å². The second kappa shape index (κ2) is 8.71. The van der Waals surface area contributed by atoms with Gasteiger partial charge < -0.3 is 14.8 Å². The van der Waals surface area contributed by atoms with E-state index in [0.29, 0.717) is 23.6 Å². The Kier molecular flexibility index (Phi) is 6.64. The Labute approximate surface area is 151 Å². The van der Waals surface area contributed by atoms with E-state index >= 15 is 0 Å². The molecule has 0 aliphatic carbocycles. The molecule has 7 nitrogen and oxygen atoms in total. The van der Waals surface area contributed by atoms with Crippen LogP contribution in [0.1, 0.15) is 26.7 Å². The van der Waals surface area contributed by atoms with Gasteiger partial charge in [-0.15, -0.1) is 0 Å². The van der Waals surface area contributed by atoms with E-state index in [1.807, 2.05) is 0 Å². The summed E-state index contributed by atoms with van der Waals surface area (Å²) in [5.74, 6) is -1.05. The first-order chi connectivity index (χ1) is 12.0. The molecule has 8 heteroatoms. The van der Waals surface area contributed by atoms with E-state index in [4.69, 9.17) is 21.1 Å². The van der Waals surface area contributed by atoms with Crippen molar-refractivity contribution in [1.82, 2.24) is 4.90 Å². The van der Waals surface area contributed by atoms with Crippen LogP contribution in [0.5, 0.6) is 0 Å². The van der Waals surface area contributed by atoms with Crippen LogP contribution < -0.4 is 5.32 Å². The number of esters is 2. The van der Waals surface area contributed by atoms with Gasteiger partial charge in [0.15, 0.2) is 0 Å². The molecule has 0 bridgehead atoms. The van der Waals surface area contributed by atoms with Crippen molar-refractivity contribution in [1.29, 1.82) is 0 Å². The highest BCUT2D eigenvalue weighted by molar-refractivity contribution is 6.30. The largest absolute Gasteiger partial charge is 0.464 e. The van der Waals surface area contributed by atoms with E-state index in [-0.39, 0.29) is 13.2 Å². The standard InChI is InChI=1S/C17H21ClN2O5/c1-3-24-15(21)13-9-10-14(16(22)25-4-2)20(13)17(23)19-12-7-5-11(18)6-8-12/h5-8,13-14H,3-4,9-10H2,1-2H3,(H,19,23)/t13-,14-/m0/s1. The molecular formula is C17H21ClN2O5. The molecule has 1 N–H and O–H groups in total. The van der Waals surface area contributed by atoms with Crippen LogP contribution >= 0.6 is 11.6 Å². The molecule has 25 heavy (non-hydrogen) atoms. The summed E-state index contributed by atoms with van der Waals surface area (Å²) < 4.78 is 10.1. The molecule has 1 aromatic carbocycles. The minimum Gasteiger partial charge on any atom is -0.464 e. The molecule has 1 heterocycles. The van der Waals surface area contributed by atoms with Gasteiger partial charge in [-0.2, -0.15) is 0 Å². The van der Waals surface area contributed by atoms with Crippen molar-refractivity contribution in [3.8, 4) is 0 Å². The Balaban J connectivity index is 2.20. The summed E-state index contributed by atoms with van der Waals surface area (Å²) in [5, 5.41) is 3.21. The van der Waals surface area contributed by atoms with Crippen LogP contribution in [-0.2, 0) is 19.1 Å². The predicted molar refractivity (Wildman–Crippen MR) is 92.4 cm³/mol. The van der Waals surface area contributed by atoms with Crippen LogP contribution in [0, 0.1) is 0 Å². The van der Waals surface area contributed by atoms with Crippen LogP contribution in [0.15, 0.2) is 24.3 Å².